The maximum Gasteiger partial charge on any atom is 0.306 e. The number of hydrogen-bond acceptors (Lipinski definition) is 4. The monoisotopic (exact) mass is 656 g/mol. The number of piperidine rings is 1. The fourth-order valence-corrected chi connectivity index (χ4v) is 13.2. The Labute approximate surface area is 291 Å². The number of hydrogen-bond donors (Lipinski definition) is 2. The second kappa shape index (κ2) is 13.8. The van der Waals surface area contributed by atoms with E-state index < -0.39 is 5.97 Å². The lowest BCUT2D eigenvalue weighted by atomic mass is 9.37. The summed E-state index contributed by atoms with van der Waals surface area (Å²) in [6.45, 7) is 19.6. The number of nitrogens with one attached hydrogen (secondary N) is 1. The molecule has 264 valence electrons. The molecule has 8 unspecified atom stereocenters. The fraction of sp³-hybridized carbons (Fsp3) is 0.721. The summed E-state index contributed by atoms with van der Waals surface area (Å²) in [5, 5.41) is 13.6. The van der Waals surface area contributed by atoms with Crippen molar-refractivity contribution in [2.75, 3.05) is 26.2 Å². The van der Waals surface area contributed by atoms with Gasteiger partial charge in [0.15, 0.2) is 0 Å². The molecule has 0 amide bonds. The number of carboxylic acids is 1. The van der Waals surface area contributed by atoms with Crippen molar-refractivity contribution in [3.8, 4) is 0 Å². The summed E-state index contributed by atoms with van der Waals surface area (Å²) in [6.07, 6.45) is 20.4. The lowest BCUT2D eigenvalue weighted by molar-refractivity contribution is -0.172. The van der Waals surface area contributed by atoms with Crippen molar-refractivity contribution in [3.63, 3.8) is 0 Å². The van der Waals surface area contributed by atoms with E-state index >= 15 is 0 Å². The van der Waals surface area contributed by atoms with Crippen LogP contribution in [0, 0.1) is 51.8 Å². The van der Waals surface area contributed by atoms with Crippen LogP contribution in [0.1, 0.15) is 128 Å². The number of rotatable bonds is 7. The molecule has 5 heteroatoms. The normalized spacial score (nSPS) is 38.9. The molecule has 0 bridgehead atoms. The van der Waals surface area contributed by atoms with Crippen LogP contribution in [0.15, 0.2) is 43.0 Å². The van der Waals surface area contributed by atoms with Gasteiger partial charge in [-0.1, -0.05) is 70.5 Å². The molecule has 48 heavy (non-hydrogen) atoms. The molecular weight excluding hydrogens is 592 g/mol. The van der Waals surface area contributed by atoms with Crippen molar-refractivity contribution in [1.29, 1.82) is 0 Å². The average molecular weight is 657 g/mol. The fourth-order valence-electron chi connectivity index (χ4n) is 13.2. The van der Waals surface area contributed by atoms with Crippen LogP contribution in [-0.4, -0.2) is 54.0 Å². The Bertz CT molecular complexity index is 1360. The topological polar surface area (TPSA) is 69.6 Å². The Kier molecular flexibility index (Phi) is 10.2. The van der Waals surface area contributed by atoms with E-state index in [2.05, 4.69) is 62.7 Å². The highest BCUT2D eigenvalue weighted by molar-refractivity contribution is 5.78. The zero-order valence-electron chi connectivity index (χ0n) is 30.7. The van der Waals surface area contributed by atoms with Gasteiger partial charge in [-0.05, 0) is 148 Å². The first-order valence-electron chi connectivity index (χ1n) is 19.5. The average Bonchev–Trinajstić information content (AvgIpc) is 3.50. The predicted molar refractivity (Wildman–Crippen MR) is 197 cm³/mol. The van der Waals surface area contributed by atoms with E-state index in [0.29, 0.717) is 22.3 Å². The molecule has 5 fully saturated rings. The summed E-state index contributed by atoms with van der Waals surface area (Å²) < 4.78 is 0. The maximum absolute atomic E-state index is 11.4. The Balaban J connectivity index is 0.00000129. The summed E-state index contributed by atoms with van der Waals surface area (Å²) >= 11 is 0. The number of fused-ring (bicyclic) bond motifs is 7. The third-order valence-electron chi connectivity index (χ3n) is 15.3. The number of nitrogens with zero attached hydrogens (tertiary/aromatic N) is 1. The molecule has 5 nitrogen and oxygen atoms in total. The van der Waals surface area contributed by atoms with Crippen LogP contribution in [0.3, 0.4) is 0 Å². The molecule has 8 atom stereocenters. The zero-order chi connectivity index (χ0) is 34.3. The van der Waals surface area contributed by atoms with Crippen molar-refractivity contribution in [3.05, 3.63) is 54.1 Å². The van der Waals surface area contributed by atoms with Crippen molar-refractivity contribution < 1.29 is 14.7 Å². The predicted octanol–water partition coefficient (Wildman–Crippen LogP) is 9.29. The van der Waals surface area contributed by atoms with Gasteiger partial charge < -0.3 is 15.3 Å². The minimum Gasteiger partial charge on any atom is -0.481 e. The second-order valence-corrected chi connectivity index (χ2v) is 17.8. The number of carbonyl (C=O) groups is 2. The molecular formula is C43H64N2O3. The first kappa shape index (κ1) is 35.6. The quantitative estimate of drug-likeness (QED) is 0.226. The third-order valence-corrected chi connectivity index (χ3v) is 15.3. The van der Waals surface area contributed by atoms with Crippen molar-refractivity contribution in [1.82, 2.24) is 10.2 Å². The first-order chi connectivity index (χ1) is 22.9. The van der Waals surface area contributed by atoms with E-state index in [1.165, 1.54) is 75.3 Å². The summed E-state index contributed by atoms with van der Waals surface area (Å²) in [5.74, 6) is 3.25. The maximum atomic E-state index is 11.4. The van der Waals surface area contributed by atoms with Gasteiger partial charge in [0.25, 0.3) is 0 Å². The molecule has 6 aliphatic rings. The smallest absolute Gasteiger partial charge is 0.306 e. The number of likely N-dealkylation sites (tertiary alicyclic amines) is 1. The summed E-state index contributed by atoms with van der Waals surface area (Å²) in [4.78, 5) is 25.2. The van der Waals surface area contributed by atoms with E-state index in [4.69, 9.17) is 0 Å². The minimum atomic E-state index is -0.612. The minimum absolute atomic E-state index is 0.119. The Morgan fingerprint density at radius 1 is 0.917 bits per heavy atom. The van der Waals surface area contributed by atoms with E-state index in [1.807, 2.05) is 19.1 Å². The molecule has 1 aliphatic heterocycles. The highest BCUT2D eigenvalue weighted by Gasteiger charge is 2.65. The van der Waals surface area contributed by atoms with Gasteiger partial charge in [0, 0.05) is 24.2 Å². The van der Waals surface area contributed by atoms with Gasteiger partial charge in [-0.15, -0.1) is 6.58 Å². The Morgan fingerprint density at radius 2 is 1.62 bits per heavy atom. The van der Waals surface area contributed by atoms with E-state index in [0.717, 1.165) is 74.5 Å². The number of benzene rings is 1. The van der Waals surface area contributed by atoms with Gasteiger partial charge in [-0.3, -0.25) is 9.59 Å². The molecule has 0 spiro atoms. The van der Waals surface area contributed by atoms with Gasteiger partial charge >= 0.3 is 5.97 Å². The number of aldehydes is 1. The highest BCUT2D eigenvalue weighted by atomic mass is 16.4. The SMILES string of the molecule is C=CC.CC1(C)C(c2ccc(C=O)cc2)=CCC2(C)C1CCC1(C)C3CCC4(NCCN5CCC(C(=O)O)CC5)CCCC4C3CCC12. The van der Waals surface area contributed by atoms with E-state index in [9.17, 15) is 14.7 Å². The first-order valence-corrected chi connectivity index (χ1v) is 19.5. The molecule has 1 aromatic carbocycles. The van der Waals surface area contributed by atoms with E-state index in [-0.39, 0.29) is 11.3 Å². The van der Waals surface area contributed by atoms with Gasteiger partial charge in [0.05, 0.1) is 5.92 Å². The lowest BCUT2D eigenvalue weighted by Gasteiger charge is -2.68. The molecule has 1 aromatic rings. The summed E-state index contributed by atoms with van der Waals surface area (Å²) in [6, 6.07) is 8.31. The van der Waals surface area contributed by atoms with Crippen LogP contribution in [0.25, 0.3) is 5.57 Å². The van der Waals surface area contributed by atoms with Crippen LogP contribution in [0.4, 0.5) is 0 Å². The molecule has 2 N–H and O–H groups in total. The molecule has 0 radical (unpaired) electrons. The molecule has 1 heterocycles. The Hall–Kier alpha value is -2.24. The van der Waals surface area contributed by atoms with Crippen LogP contribution in [0.2, 0.25) is 0 Å². The van der Waals surface area contributed by atoms with Crippen molar-refractivity contribution >= 4 is 17.8 Å². The molecule has 4 saturated carbocycles. The van der Waals surface area contributed by atoms with Crippen LogP contribution in [0.5, 0.6) is 0 Å². The Morgan fingerprint density at radius 3 is 2.29 bits per heavy atom. The summed E-state index contributed by atoms with van der Waals surface area (Å²) in [7, 11) is 0. The van der Waals surface area contributed by atoms with E-state index in [1.54, 1.807) is 6.08 Å². The van der Waals surface area contributed by atoms with Gasteiger partial charge in [-0.25, -0.2) is 0 Å². The number of carboxylic acid groups (broad SMARTS) is 1. The zero-order valence-corrected chi connectivity index (χ0v) is 30.7. The molecule has 7 rings (SSSR count). The van der Waals surface area contributed by atoms with Crippen molar-refractivity contribution in [2.24, 2.45) is 51.8 Å². The number of allylic oxidation sites excluding steroid dienone is 3. The van der Waals surface area contributed by atoms with Crippen LogP contribution < -0.4 is 5.32 Å². The van der Waals surface area contributed by atoms with Crippen LogP contribution >= 0.6 is 0 Å². The van der Waals surface area contributed by atoms with Crippen LogP contribution in [-0.2, 0) is 4.79 Å². The third kappa shape index (κ3) is 6.08. The van der Waals surface area contributed by atoms with Crippen molar-refractivity contribution in [2.45, 2.75) is 117 Å². The molecule has 0 aromatic heterocycles. The molecule has 5 aliphatic carbocycles. The standard InChI is InChI=1S/C40H58N2O3.C3H6/c1-37(2)31(28-9-7-27(26-43)8-10-28)13-19-39(4)34(37)15-20-38(3)32-14-21-40(18-5-6-33(40)30(32)11-12-35(38)39)41-22-25-42-23-16-29(17-24-42)36(44)45;1-3-2/h7-10,13,26,29-30,32-35,41H,5-6,11-12,14-25H2,1-4H3,(H,44,45);3H,1H2,2H3. The number of carbonyl (C=O) groups excluding carboxylic acids is 1. The highest BCUT2D eigenvalue weighted by Crippen LogP contribution is 2.72. The summed E-state index contributed by atoms with van der Waals surface area (Å²) in [5.41, 5.74) is 4.77. The van der Waals surface area contributed by atoms with Gasteiger partial charge in [0.2, 0.25) is 0 Å². The lowest BCUT2D eigenvalue weighted by Crippen LogP contribution is -2.63. The number of aliphatic carboxylic acids is 1. The van der Waals surface area contributed by atoms with Gasteiger partial charge in [0.1, 0.15) is 6.29 Å². The second-order valence-electron chi connectivity index (χ2n) is 17.8. The largest absolute Gasteiger partial charge is 0.481 e. The van der Waals surface area contributed by atoms with Gasteiger partial charge in [-0.2, -0.15) is 0 Å². The molecule has 1 saturated heterocycles.